The van der Waals surface area contributed by atoms with Gasteiger partial charge in [-0.15, -0.1) is 0 Å². The van der Waals surface area contributed by atoms with E-state index in [1.165, 1.54) is 96.3 Å². The maximum absolute atomic E-state index is 13.1. The van der Waals surface area contributed by atoms with Gasteiger partial charge in [-0.2, -0.15) is 0 Å². The molecule has 0 radical (unpaired) electrons. The molecule has 2 fully saturated rings. The van der Waals surface area contributed by atoms with E-state index in [1.807, 2.05) is 0 Å². The summed E-state index contributed by atoms with van der Waals surface area (Å²) in [5.74, 6) is -0.389. The van der Waals surface area contributed by atoms with Gasteiger partial charge in [0.05, 0.1) is 26.4 Å². The van der Waals surface area contributed by atoms with E-state index in [4.69, 9.17) is 28.4 Å². The maximum Gasteiger partial charge on any atom is 0.306 e. The van der Waals surface area contributed by atoms with Gasteiger partial charge in [-0.3, -0.25) is 4.79 Å². The molecule has 0 aromatic rings. The first-order valence-electron chi connectivity index (χ1n) is 29.5. The summed E-state index contributed by atoms with van der Waals surface area (Å²) in [6, 6.07) is 0. The SMILES string of the molecule is CC/C=C\C/C=C\C/C=C\C/C=C\C/C=C\CCCCCCCCCC(=O)OC(COCCCCCCCCCC/C=C\CCCCCCCC)COC1OC(COC2OC(CO)C(O)C(O)C2O)C(O)C(O)C1O. The van der Waals surface area contributed by atoms with Gasteiger partial charge in [0.25, 0.3) is 0 Å². The van der Waals surface area contributed by atoms with Crippen molar-refractivity contribution in [3.05, 3.63) is 72.9 Å². The number of unbranched alkanes of at least 4 members (excludes halogenated alkanes) is 21. The standard InChI is InChI=1S/C61H106O14/c1-3-5-7-9-11-13-15-17-19-21-23-24-25-26-27-28-30-32-34-36-38-40-42-44-53(63)73-50(47-70-45-43-41-39-37-35-33-31-29-22-20-18-16-14-12-10-8-6-4-2)48-71-60-59(69)57(67)55(65)52(75-60)49-72-61-58(68)56(66)54(64)51(46-62)74-61/h5,7,11,13,17-20,23-24,26-27,50-52,54-62,64-69H,3-4,6,8-10,12,14-16,21-22,25,28-49H2,1-2H3/b7-5-,13-11-,19-17-,20-18-,24-23-,27-26-. The van der Waals surface area contributed by atoms with Crippen molar-refractivity contribution in [1.29, 1.82) is 0 Å². The minimum atomic E-state index is -1.71. The van der Waals surface area contributed by atoms with Crippen LogP contribution in [0.4, 0.5) is 0 Å². The molecule has 2 aliphatic rings. The van der Waals surface area contributed by atoms with Crippen molar-refractivity contribution in [3.8, 4) is 0 Å². The molecule has 75 heavy (non-hydrogen) atoms. The Labute approximate surface area is 453 Å². The van der Waals surface area contributed by atoms with Crippen LogP contribution in [-0.2, 0) is 33.2 Å². The zero-order valence-corrected chi connectivity index (χ0v) is 46.5. The summed E-state index contributed by atoms with van der Waals surface area (Å²) in [6.07, 6.45) is 43.8. The third kappa shape index (κ3) is 34.1. The Morgan fingerprint density at radius 3 is 1.37 bits per heavy atom. The lowest BCUT2D eigenvalue weighted by Gasteiger charge is -2.42. The van der Waals surface area contributed by atoms with Crippen LogP contribution < -0.4 is 0 Å². The van der Waals surface area contributed by atoms with E-state index in [-0.39, 0.29) is 25.6 Å². The Morgan fingerprint density at radius 2 is 0.867 bits per heavy atom. The van der Waals surface area contributed by atoms with Crippen molar-refractivity contribution in [3.63, 3.8) is 0 Å². The van der Waals surface area contributed by atoms with Crippen LogP contribution in [0, 0.1) is 0 Å². The normalized spacial score (nSPS) is 25.1. The summed E-state index contributed by atoms with van der Waals surface area (Å²) in [5, 5.41) is 72.4. The quantitative estimate of drug-likeness (QED) is 0.0172. The molecule has 2 aliphatic heterocycles. The first-order valence-corrected chi connectivity index (χ1v) is 29.5. The van der Waals surface area contributed by atoms with Gasteiger partial charge in [0.15, 0.2) is 12.6 Å². The topological polar surface area (TPSA) is 214 Å². The Hall–Kier alpha value is -2.57. The number of esters is 1. The van der Waals surface area contributed by atoms with E-state index >= 15 is 0 Å². The van der Waals surface area contributed by atoms with Crippen LogP contribution in [0.2, 0.25) is 0 Å². The van der Waals surface area contributed by atoms with Gasteiger partial charge in [0.1, 0.15) is 54.9 Å². The van der Waals surface area contributed by atoms with Gasteiger partial charge >= 0.3 is 5.97 Å². The highest BCUT2D eigenvalue weighted by atomic mass is 16.7. The highest BCUT2D eigenvalue weighted by molar-refractivity contribution is 5.69. The van der Waals surface area contributed by atoms with Gasteiger partial charge in [-0.1, -0.05) is 189 Å². The van der Waals surface area contributed by atoms with E-state index in [1.54, 1.807) is 0 Å². The molecule has 11 atom stereocenters. The molecule has 7 N–H and O–H groups in total. The molecule has 0 saturated carbocycles. The lowest BCUT2D eigenvalue weighted by molar-refractivity contribution is -0.332. The maximum atomic E-state index is 13.1. The van der Waals surface area contributed by atoms with Crippen LogP contribution in [0.25, 0.3) is 0 Å². The van der Waals surface area contributed by atoms with Crippen molar-refractivity contribution < 1.29 is 69.0 Å². The number of hydrogen-bond acceptors (Lipinski definition) is 14. The van der Waals surface area contributed by atoms with Crippen molar-refractivity contribution in [2.24, 2.45) is 0 Å². The number of aliphatic hydroxyl groups is 7. The summed E-state index contributed by atoms with van der Waals surface area (Å²) >= 11 is 0. The molecule has 0 amide bonds. The Bertz CT molecular complexity index is 1510. The number of hydrogen-bond donors (Lipinski definition) is 7. The summed E-state index contributed by atoms with van der Waals surface area (Å²) in [6.45, 7) is 3.56. The van der Waals surface area contributed by atoms with Crippen molar-refractivity contribution in [2.45, 2.75) is 274 Å². The van der Waals surface area contributed by atoms with Crippen LogP contribution in [0.1, 0.15) is 206 Å². The van der Waals surface area contributed by atoms with Crippen LogP contribution in [0.3, 0.4) is 0 Å². The Morgan fingerprint density at radius 1 is 0.453 bits per heavy atom. The molecule has 14 nitrogen and oxygen atoms in total. The summed E-state index contributed by atoms with van der Waals surface area (Å²) in [4.78, 5) is 13.1. The second-order valence-electron chi connectivity index (χ2n) is 20.4. The van der Waals surface area contributed by atoms with Crippen LogP contribution in [-0.4, -0.2) is 142 Å². The molecular weight excluding hydrogens is 957 g/mol. The molecule has 0 aliphatic carbocycles. The predicted molar refractivity (Wildman–Crippen MR) is 298 cm³/mol. The van der Waals surface area contributed by atoms with E-state index in [0.29, 0.717) is 13.0 Å². The van der Waals surface area contributed by atoms with Crippen molar-refractivity contribution >= 4 is 5.97 Å². The molecule has 434 valence electrons. The fourth-order valence-corrected chi connectivity index (χ4v) is 8.95. The Kier molecular flexibility index (Phi) is 43.3. The number of rotatable bonds is 47. The highest BCUT2D eigenvalue weighted by Crippen LogP contribution is 2.26. The van der Waals surface area contributed by atoms with Crippen molar-refractivity contribution in [1.82, 2.24) is 0 Å². The lowest BCUT2D eigenvalue weighted by Crippen LogP contribution is -2.61. The van der Waals surface area contributed by atoms with Crippen LogP contribution in [0.15, 0.2) is 72.9 Å². The number of ether oxygens (including phenoxy) is 6. The zero-order valence-electron chi connectivity index (χ0n) is 46.5. The predicted octanol–water partition coefficient (Wildman–Crippen LogP) is 10.6. The van der Waals surface area contributed by atoms with E-state index < -0.39 is 80.7 Å². The molecule has 14 heteroatoms. The van der Waals surface area contributed by atoms with Gasteiger partial charge in [-0.25, -0.2) is 0 Å². The minimum absolute atomic E-state index is 0.0520. The van der Waals surface area contributed by atoms with Crippen LogP contribution >= 0.6 is 0 Å². The highest BCUT2D eigenvalue weighted by Gasteiger charge is 2.47. The second kappa shape index (κ2) is 47.4. The molecule has 11 unspecified atom stereocenters. The van der Waals surface area contributed by atoms with Gasteiger partial charge in [0.2, 0.25) is 0 Å². The third-order valence-electron chi connectivity index (χ3n) is 13.7. The minimum Gasteiger partial charge on any atom is -0.457 e. The first-order chi connectivity index (χ1) is 36.6. The fourth-order valence-electron chi connectivity index (χ4n) is 8.95. The molecular formula is C61H106O14. The zero-order chi connectivity index (χ0) is 54.4. The van der Waals surface area contributed by atoms with Crippen LogP contribution in [0.5, 0.6) is 0 Å². The van der Waals surface area contributed by atoms with E-state index in [9.17, 15) is 40.5 Å². The second-order valence-corrected chi connectivity index (χ2v) is 20.4. The molecule has 0 aromatic carbocycles. The molecule has 0 aromatic heterocycles. The monoisotopic (exact) mass is 1060 g/mol. The van der Waals surface area contributed by atoms with Crippen molar-refractivity contribution in [2.75, 3.05) is 33.0 Å². The molecule has 2 rings (SSSR count). The number of allylic oxidation sites excluding steroid dienone is 12. The smallest absolute Gasteiger partial charge is 0.306 e. The molecule has 0 bridgehead atoms. The fraction of sp³-hybridized carbons (Fsp3) is 0.787. The molecule has 0 spiro atoms. The first kappa shape index (κ1) is 68.5. The van der Waals surface area contributed by atoms with Gasteiger partial charge in [0, 0.05) is 13.0 Å². The van der Waals surface area contributed by atoms with Gasteiger partial charge < -0.3 is 64.2 Å². The lowest BCUT2D eigenvalue weighted by atomic mass is 9.98. The average Bonchev–Trinajstić information content (AvgIpc) is 3.41. The Balaban J connectivity index is 1.72. The largest absolute Gasteiger partial charge is 0.457 e. The summed E-state index contributed by atoms with van der Waals surface area (Å²) in [5.41, 5.74) is 0. The number of aliphatic hydroxyl groups excluding tert-OH is 7. The average molecular weight is 1060 g/mol. The summed E-state index contributed by atoms with van der Waals surface area (Å²) in [7, 11) is 0. The van der Waals surface area contributed by atoms with E-state index in [0.717, 1.165) is 83.5 Å². The summed E-state index contributed by atoms with van der Waals surface area (Å²) < 4.78 is 34.4. The van der Waals surface area contributed by atoms with E-state index in [2.05, 4.69) is 86.8 Å². The molecule has 2 heterocycles. The molecule has 2 saturated heterocycles. The third-order valence-corrected chi connectivity index (χ3v) is 13.7. The number of carbonyl (C=O) groups is 1. The van der Waals surface area contributed by atoms with Gasteiger partial charge in [-0.05, 0) is 83.5 Å². The number of carbonyl (C=O) groups excluding carboxylic acids is 1.